The van der Waals surface area contributed by atoms with E-state index in [1.807, 2.05) is 16.7 Å². The molecule has 0 fully saturated rings. The normalized spacial score (nSPS) is 13.0. The molecule has 0 aliphatic heterocycles. The third kappa shape index (κ3) is 4.65. The summed E-state index contributed by atoms with van der Waals surface area (Å²) in [5.74, 6) is -1.07. The number of aromatic carboxylic acids is 1. The number of aryl methyl sites for hydroxylation is 1. The van der Waals surface area contributed by atoms with Gasteiger partial charge in [-0.3, -0.25) is 0 Å². The maximum atomic E-state index is 11.0. The minimum atomic E-state index is -1.07. The Bertz CT molecular complexity index is 983. The maximum absolute atomic E-state index is 11.0. The quantitative estimate of drug-likeness (QED) is 0.439. The number of aliphatic hydroxyl groups is 1. The number of anilines is 1. The Hall–Kier alpha value is -2.97. The lowest BCUT2D eigenvalue weighted by Crippen LogP contribution is -2.42. The van der Waals surface area contributed by atoms with Crippen LogP contribution in [0.1, 0.15) is 42.4 Å². The van der Waals surface area contributed by atoms with Gasteiger partial charge in [0.2, 0.25) is 0 Å². The van der Waals surface area contributed by atoms with Gasteiger partial charge in [-0.05, 0) is 44.0 Å². The number of fused-ring (bicyclic) bond motifs is 1. The van der Waals surface area contributed by atoms with Gasteiger partial charge in [0, 0.05) is 24.3 Å². The summed E-state index contributed by atoms with van der Waals surface area (Å²) in [6, 6.07) is 8.71. The lowest BCUT2D eigenvalue weighted by atomic mass is 9.99. The zero-order chi connectivity index (χ0) is 20.3. The summed E-state index contributed by atoms with van der Waals surface area (Å²) < 4.78 is 1.95. The summed E-state index contributed by atoms with van der Waals surface area (Å²) in [6.07, 6.45) is 3.37. The number of rotatable bonds is 8. The Morgan fingerprint density at radius 3 is 2.82 bits per heavy atom. The molecular formula is C20H25N5O3. The predicted molar refractivity (Wildman–Crippen MR) is 107 cm³/mol. The van der Waals surface area contributed by atoms with Crippen LogP contribution in [0.4, 0.5) is 5.69 Å². The van der Waals surface area contributed by atoms with Crippen molar-refractivity contribution < 1.29 is 15.0 Å². The van der Waals surface area contributed by atoms with E-state index in [9.17, 15) is 9.90 Å². The number of nitrogens with one attached hydrogen (secondary N) is 1. The first-order chi connectivity index (χ1) is 13.2. The summed E-state index contributed by atoms with van der Waals surface area (Å²) in [5.41, 5.74) is 8.33. The first-order valence-electron chi connectivity index (χ1n) is 9.08. The topological polar surface area (TPSA) is 126 Å². The average molecular weight is 383 g/mol. The van der Waals surface area contributed by atoms with Crippen molar-refractivity contribution in [1.82, 2.24) is 19.9 Å². The molecule has 2 heterocycles. The molecule has 3 aromatic rings. The van der Waals surface area contributed by atoms with Crippen molar-refractivity contribution in [3.63, 3.8) is 0 Å². The van der Waals surface area contributed by atoms with Gasteiger partial charge in [0.25, 0.3) is 0 Å². The molecule has 0 saturated carbocycles. The fourth-order valence-corrected chi connectivity index (χ4v) is 3.00. The molecule has 1 aromatic carbocycles. The fourth-order valence-electron chi connectivity index (χ4n) is 3.00. The number of nitrogens with two attached hydrogens (primary N) is 1. The van der Waals surface area contributed by atoms with Crippen LogP contribution in [0.25, 0.3) is 11.0 Å². The highest BCUT2D eigenvalue weighted by atomic mass is 16.4. The molecule has 5 N–H and O–H groups in total. The molecule has 1 atom stereocenters. The zero-order valence-corrected chi connectivity index (χ0v) is 16.0. The van der Waals surface area contributed by atoms with Crippen LogP contribution in [0, 0.1) is 0 Å². The number of aromatic nitrogens is 3. The van der Waals surface area contributed by atoms with Gasteiger partial charge in [0.05, 0.1) is 29.7 Å². The first-order valence-corrected chi connectivity index (χ1v) is 9.08. The van der Waals surface area contributed by atoms with Crippen molar-refractivity contribution in [2.45, 2.75) is 38.5 Å². The monoisotopic (exact) mass is 383 g/mol. The van der Waals surface area contributed by atoms with Crippen LogP contribution in [0.5, 0.6) is 0 Å². The number of carbonyl (C=O) groups is 1. The Morgan fingerprint density at radius 1 is 1.32 bits per heavy atom. The van der Waals surface area contributed by atoms with Crippen LogP contribution in [-0.4, -0.2) is 42.8 Å². The molecule has 0 radical (unpaired) electrons. The fraction of sp³-hybridized carbons (Fsp3) is 0.350. The number of hydrogen-bond acceptors (Lipinski definition) is 6. The number of hydrogen-bond donors (Lipinski definition) is 4. The maximum Gasteiger partial charge on any atom is 0.354 e. The van der Waals surface area contributed by atoms with E-state index in [0.717, 1.165) is 17.5 Å². The molecule has 28 heavy (non-hydrogen) atoms. The number of pyridine rings is 1. The average Bonchev–Trinajstić information content (AvgIpc) is 3.07. The predicted octanol–water partition coefficient (Wildman–Crippen LogP) is 2.20. The van der Waals surface area contributed by atoms with Crippen molar-refractivity contribution in [1.29, 1.82) is 0 Å². The minimum Gasteiger partial charge on any atom is -0.477 e. The van der Waals surface area contributed by atoms with Crippen molar-refractivity contribution in [3.05, 3.63) is 54.1 Å². The molecule has 148 valence electrons. The van der Waals surface area contributed by atoms with E-state index in [-0.39, 0.29) is 11.2 Å². The second kappa shape index (κ2) is 7.95. The van der Waals surface area contributed by atoms with E-state index in [1.165, 1.54) is 12.3 Å². The van der Waals surface area contributed by atoms with E-state index in [0.29, 0.717) is 24.3 Å². The Balaban J connectivity index is 1.60. The van der Waals surface area contributed by atoms with Gasteiger partial charge < -0.3 is 25.8 Å². The van der Waals surface area contributed by atoms with Crippen LogP contribution < -0.4 is 11.1 Å². The van der Waals surface area contributed by atoms with E-state index >= 15 is 0 Å². The molecule has 8 nitrogen and oxygen atoms in total. The Labute approximate surface area is 163 Å². The highest BCUT2D eigenvalue weighted by Gasteiger charge is 2.20. The summed E-state index contributed by atoms with van der Waals surface area (Å²) in [4.78, 5) is 19.3. The van der Waals surface area contributed by atoms with Crippen molar-refractivity contribution in [2.24, 2.45) is 0 Å². The standard InChI is InChI=1S/C20H25N5O3/c1-20(2,24-11-18(26)13-4-3-5-14(21)8-13)6-7-25-12-23-15-9-16(19(27)28)22-10-17(15)25/h3-5,8-10,12,18,24,26H,6-7,11,21H2,1-2H3,(H,27,28). The molecule has 0 spiro atoms. The number of carboxylic acid groups (broad SMARTS) is 1. The van der Waals surface area contributed by atoms with Gasteiger partial charge in [-0.25, -0.2) is 14.8 Å². The van der Waals surface area contributed by atoms with Gasteiger partial charge in [-0.2, -0.15) is 0 Å². The molecule has 0 aliphatic rings. The lowest BCUT2D eigenvalue weighted by Gasteiger charge is -2.28. The van der Waals surface area contributed by atoms with E-state index in [2.05, 4.69) is 29.1 Å². The summed E-state index contributed by atoms with van der Waals surface area (Å²) in [6.45, 7) is 5.22. The van der Waals surface area contributed by atoms with Crippen LogP contribution >= 0.6 is 0 Å². The van der Waals surface area contributed by atoms with Gasteiger partial charge >= 0.3 is 5.97 Å². The molecule has 3 rings (SSSR count). The summed E-state index contributed by atoms with van der Waals surface area (Å²) in [7, 11) is 0. The van der Waals surface area contributed by atoms with Crippen LogP contribution in [-0.2, 0) is 6.54 Å². The summed E-state index contributed by atoms with van der Waals surface area (Å²) >= 11 is 0. The number of imidazole rings is 1. The van der Waals surface area contributed by atoms with Crippen molar-refractivity contribution >= 4 is 22.7 Å². The van der Waals surface area contributed by atoms with E-state index < -0.39 is 12.1 Å². The lowest BCUT2D eigenvalue weighted by molar-refractivity contribution is 0.0690. The van der Waals surface area contributed by atoms with E-state index in [1.54, 1.807) is 18.5 Å². The van der Waals surface area contributed by atoms with Crippen LogP contribution in [0.3, 0.4) is 0 Å². The number of nitrogen functional groups attached to an aromatic ring is 1. The largest absolute Gasteiger partial charge is 0.477 e. The second-order valence-corrected chi connectivity index (χ2v) is 7.50. The molecule has 1 unspecified atom stereocenters. The van der Waals surface area contributed by atoms with Gasteiger partial charge in [-0.1, -0.05) is 12.1 Å². The van der Waals surface area contributed by atoms with Crippen LogP contribution in [0.2, 0.25) is 0 Å². The molecule has 8 heteroatoms. The Kier molecular flexibility index (Phi) is 5.62. The minimum absolute atomic E-state index is 0.0183. The van der Waals surface area contributed by atoms with Gasteiger partial charge in [0.1, 0.15) is 5.69 Å². The molecule has 0 amide bonds. The van der Waals surface area contributed by atoms with Gasteiger partial charge in [-0.15, -0.1) is 0 Å². The SMILES string of the molecule is CC(C)(CCn1cnc2cc(C(=O)O)ncc21)NCC(O)c1cccc(N)c1. The number of β-amino-alcohol motifs (C(OH)–C–C–N with tert-alkyl or cyclic N) is 1. The number of nitrogens with zero attached hydrogens (tertiary/aromatic N) is 3. The zero-order valence-electron chi connectivity index (χ0n) is 16.0. The number of carboxylic acids is 1. The highest BCUT2D eigenvalue weighted by Crippen LogP contribution is 2.19. The van der Waals surface area contributed by atoms with Crippen molar-refractivity contribution in [2.75, 3.05) is 12.3 Å². The summed E-state index contributed by atoms with van der Waals surface area (Å²) in [5, 5.41) is 22.8. The van der Waals surface area contributed by atoms with Crippen molar-refractivity contribution in [3.8, 4) is 0 Å². The highest BCUT2D eigenvalue weighted by molar-refractivity contribution is 5.89. The smallest absolute Gasteiger partial charge is 0.354 e. The molecule has 0 aliphatic carbocycles. The first kappa shape index (κ1) is 19.8. The number of aliphatic hydroxyl groups excluding tert-OH is 1. The molecule has 0 bridgehead atoms. The molecule has 0 saturated heterocycles. The Morgan fingerprint density at radius 2 is 2.11 bits per heavy atom. The van der Waals surface area contributed by atoms with Gasteiger partial charge in [0.15, 0.2) is 0 Å². The molecule has 2 aromatic heterocycles. The third-order valence-corrected chi connectivity index (χ3v) is 4.77. The van der Waals surface area contributed by atoms with E-state index in [4.69, 9.17) is 10.8 Å². The second-order valence-electron chi connectivity index (χ2n) is 7.50. The molecular weight excluding hydrogens is 358 g/mol. The van der Waals surface area contributed by atoms with Crippen LogP contribution in [0.15, 0.2) is 42.9 Å². The third-order valence-electron chi connectivity index (χ3n) is 4.77. The number of benzene rings is 1.